The fourth-order valence-corrected chi connectivity index (χ4v) is 2.23. The molecule has 0 saturated heterocycles. The Kier molecular flexibility index (Phi) is 4.00. The summed E-state index contributed by atoms with van der Waals surface area (Å²) >= 11 is 6.38. The smallest absolute Gasteiger partial charge is 0.0590 e. The van der Waals surface area contributed by atoms with Gasteiger partial charge in [0.25, 0.3) is 0 Å². The molecule has 1 aromatic rings. The van der Waals surface area contributed by atoms with E-state index in [2.05, 4.69) is 45.9 Å². The van der Waals surface area contributed by atoms with Crippen LogP contribution in [0.4, 0.5) is 0 Å². The molecular weight excluding hydrogens is 192 g/mol. The van der Waals surface area contributed by atoms with Crippen molar-refractivity contribution < 1.29 is 0 Å². The standard InChI is InChI=1S/C13H19Cl/c1-9(2)7-13(14)12-8-10(3)5-6-11(12)4/h5-6,8-9,13H,7H2,1-4H3. The number of aryl methyl sites for hydroxylation is 2. The highest BCUT2D eigenvalue weighted by atomic mass is 35.5. The number of benzene rings is 1. The first kappa shape index (κ1) is 11.6. The molecule has 0 saturated carbocycles. The molecule has 0 N–H and O–H groups in total. The first-order valence-electron chi connectivity index (χ1n) is 5.22. The molecule has 0 aliphatic rings. The van der Waals surface area contributed by atoms with Crippen LogP contribution in [0.5, 0.6) is 0 Å². The zero-order chi connectivity index (χ0) is 10.7. The third-order valence-corrected chi connectivity index (χ3v) is 2.86. The summed E-state index contributed by atoms with van der Waals surface area (Å²) in [4.78, 5) is 0. The van der Waals surface area contributed by atoms with Crippen molar-refractivity contribution in [1.82, 2.24) is 0 Å². The van der Waals surface area contributed by atoms with E-state index in [9.17, 15) is 0 Å². The van der Waals surface area contributed by atoms with Crippen LogP contribution in [0.25, 0.3) is 0 Å². The van der Waals surface area contributed by atoms with Gasteiger partial charge in [-0.3, -0.25) is 0 Å². The maximum atomic E-state index is 6.38. The molecule has 1 atom stereocenters. The zero-order valence-corrected chi connectivity index (χ0v) is 10.2. The van der Waals surface area contributed by atoms with Gasteiger partial charge in [-0.25, -0.2) is 0 Å². The number of rotatable bonds is 3. The molecule has 0 nitrogen and oxygen atoms in total. The van der Waals surface area contributed by atoms with Crippen molar-refractivity contribution in [2.45, 2.75) is 39.5 Å². The lowest BCUT2D eigenvalue weighted by Crippen LogP contribution is -1.99. The van der Waals surface area contributed by atoms with Crippen LogP contribution in [-0.2, 0) is 0 Å². The molecule has 1 aromatic carbocycles. The van der Waals surface area contributed by atoms with Crippen LogP contribution in [0.1, 0.15) is 42.3 Å². The summed E-state index contributed by atoms with van der Waals surface area (Å²) in [6.45, 7) is 8.66. The summed E-state index contributed by atoms with van der Waals surface area (Å²) in [6, 6.07) is 6.49. The summed E-state index contributed by atoms with van der Waals surface area (Å²) in [5.74, 6) is 0.650. The van der Waals surface area contributed by atoms with Crippen LogP contribution < -0.4 is 0 Å². The Morgan fingerprint density at radius 2 is 1.86 bits per heavy atom. The largest absolute Gasteiger partial charge is 0.118 e. The van der Waals surface area contributed by atoms with Crippen LogP contribution in [0, 0.1) is 19.8 Å². The fraction of sp³-hybridized carbons (Fsp3) is 0.538. The zero-order valence-electron chi connectivity index (χ0n) is 9.47. The molecule has 0 aromatic heterocycles. The van der Waals surface area contributed by atoms with Gasteiger partial charge in [-0.05, 0) is 37.3 Å². The van der Waals surface area contributed by atoms with Crippen LogP contribution in [-0.4, -0.2) is 0 Å². The molecule has 14 heavy (non-hydrogen) atoms. The maximum Gasteiger partial charge on any atom is 0.0590 e. The SMILES string of the molecule is Cc1ccc(C)c(C(Cl)CC(C)C)c1. The van der Waals surface area contributed by atoms with Gasteiger partial charge in [-0.15, -0.1) is 11.6 Å². The van der Waals surface area contributed by atoms with Gasteiger partial charge >= 0.3 is 0 Å². The van der Waals surface area contributed by atoms with Gasteiger partial charge in [0.05, 0.1) is 5.38 Å². The van der Waals surface area contributed by atoms with Crippen molar-refractivity contribution in [2.75, 3.05) is 0 Å². The van der Waals surface area contributed by atoms with Crippen molar-refractivity contribution in [1.29, 1.82) is 0 Å². The minimum Gasteiger partial charge on any atom is -0.118 e. The van der Waals surface area contributed by atoms with E-state index in [0.29, 0.717) is 5.92 Å². The average Bonchev–Trinajstić information content (AvgIpc) is 2.08. The third-order valence-electron chi connectivity index (χ3n) is 2.45. The molecule has 1 unspecified atom stereocenters. The van der Waals surface area contributed by atoms with E-state index in [-0.39, 0.29) is 5.38 Å². The predicted octanol–water partition coefficient (Wildman–Crippen LogP) is 4.63. The molecule has 0 spiro atoms. The average molecular weight is 211 g/mol. The highest BCUT2D eigenvalue weighted by molar-refractivity contribution is 6.20. The Hall–Kier alpha value is -0.490. The van der Waals surface area contributed by atoms with Gasteiger partial charge in [0.2, 0.25) is 0 Å². The predicted molar refractivity (Wildman–Crippen MR) is 64.0 cm³/mol. The second-order valence-electron chi connectivity index (χ2n) is 4.46. The summed E-state index contributed by atoms with van der Waals surface area (Å²) in [5.41, 5.74) is 3.89. The van der Waals surface area contributed by atoms with E-state index in [1.54, 1.807) is 0 Å². The number of halogens is 1. The highest BCUT2D eigenvalue weighted by Crippen LogP contribution is 2.30. The maximum absolute atomic E-state index is 6.38. The topological polar surface area (TPSA) is 0 Å². The van der Waals surface area contributed by atoms with E-state index >= 15 is 0 Å². The minimum atomic E-state index is 0.162. The molecule has 1 rings (SSSR count). The number of alkyl halides is 1. The summed E-state index contributed by atoms with van der Waals surface area (Å²) in [6.07, 6.45) is 1.05. The van der Waals surface area contributed by atoms with Gasteiger partial charge in [0.15, 0.2) is 0 Å². The van der Waals surface area contributed by atoms with Crippen molar-refractivity contribution in [3.63, 3.8) is 0 Å². The molecule has 0 bridgehead atoms. The molecular formula is C13H19Cl. The molecule has 0 amide bonds. The molecule has 0 radical (unpaired) electrons. The Morgan fingerprint density at radius 1 is 1.21 bits per heavy atom. The quantitative estimate of drug-likeness (QED) is 0.639. The molecule has 1 heteroatoms. The number of hydrogen-bond acceptors (Lipinski definition) is 0. The van der Waals surface area contributed by atoms with Gasteiger partial charge in [-0.2, -0.15) is 0 Å². The lowest BCUT2D eigenvalue weighted by Gasteiger charge is -2.15. The van der Waals surface area contributed by atoms with Crippen molar-refractivity contribution in [3.05, 3.63) is 34.9 Å². The molecule has 0 aliphatic heterocycles. The van der Waals surface area contributed by atoms with Crippen LogP contribution in [0.3, 0.4) is 0 Å². The second kappa shape index (κ2) is 4.84. The van der Waals surface area contributed by atoms with Crippen LogP contribution >= 0.6 is 11.6 Å². The van der Waals surface area contributed by atoms with Gasteiger partial charge in [-0.1, -0.05) is 37.6 Å². The van der Waals surface area contributed by atoms with E-state index in [1.165, 1.54) is 16.7 Å². The minimum absolute atomic E-state index is 0.162. The first-order chi connectivity index (χ1) is 6.50. The van der Waals surface area contributed by atoms with E-state index in [1.807, 2.05) is 0 Å². The summed E-state index contributed by atoms with van der Waals surface area (Å²) in [5, 5.41) is 0.162. The third kappa shape index (κ3) is 3.02. The molecule has 0 fully saturated rings. The van der Waals surface area contributed by atoms with Crippen molar-refractivity contribution in [3.8, 4) is 0 Å². The van der Waals surface area contributed by atoms with E-state index < -0.39 is 0 Å². The first-order valence-corrected chi connectivity index (χ1v) is 5.65. The van der Waals surface area contributed by atoms with E-state index in [0.717, 1.165) is 6.42 Å². The normalized spacial score (nSPS) is 13.3. The van der Waals surface area contributed by atoms with Crippen molar-refractivity contribution >= 4 is 11.6 Å². The summed E-state index contributed by atoms with van der Waals surface area (Å²) < 4.78 is 0. The van der Waals surface area contributed by atoms with Crippen LogP contribution in [0.15, 0.2) is 18.2 Å². The molecule has 78 valence electrons. The number of hydrogen-bond donors (Lipinski definition) is 0. The Bertz CT molecular complexity index is 302. The lowest BCUT2D eigenvalue weighted by atomic mass is 9.97. The molecule has 0 heterocycles. The second-order valence-corrected chi connectivity index (χ2v) is 4.98. The van der Waals surface area contributed by atoms with E-state index in [4.69, 9.17) is 11.6 Å². The summed E-state index contributed by atoms with van der Waals surface area (Å²) in [7, 11) is 0. The Balaban J connectivity index is 2.88. The molecule has 0 aliphatic carbocycles. The van der Waals surface area contributed by atoms with Crippen LogP contribution in [0.2, 0.25) is 0 Å². The Morgan fingerprint density at radius 3 is 2.43 bits per heavy atom. The van der Waals surface area contributed by atoms with Gasteiger partial charge in [0, 0.05) is 0 Å². The Labute approximate surface area is 92.3 Å². The lowest BCUT2D eigenvalue weighted by molar-refractivity contribution is 0.574. The van der Waals surface area contributed by atoms with Gasteiger partial charge < -0.3 is 0 Å². The highest BCUT2D eigenvalue weighted by Gasteiger charge is 2.12. The monoisotopic (exact) mass is 210 g/mol. The van der Waals surface area contributed by atoms with Crippen molar-refractivity contribution in [2.24, 2.45) is 5.92 Å². The fourth-order valence-electron chi connectivity index (χ4n) is 1.64. The van der Waals surface area contributed by atoms with Gasteiger partial charge in [0.1, 0.15) is 0 Å².